The molecule has 0 saturated heterocycles. The maximum Gasteiger partial charge on any atom is 0.302 e. The van der Waals surface area contributed by atoms with Gasteiger partial charge in [-0.25, -0.2) is 0 Å². The second-order valence-electron chi connectivity index (χ2n) is 5.48. The summed E-state index contributed by atoms with van der Waals surface area (Å²) in [5.74, 6) is 0.259. The number of amides is 1. The van der Waals surface area contributed by atoms with Gasteiger partial charge in [-0.05, 0) is 32.6 Å². The molecule has 0 spiro atoms. The number of hydrogen-bond acceptors (Lipinski definition) is 3. The molecule has 18 heavy (non-hydrogen) atoms. The van der Waals surface area contributed by atoms with Crippen LogP contribution in [0.1, 0.15) is 60.3 Å². The first kappa shape index (κ1) is 16.9. The SMILES string of the molecule is CC(=O)OC(CCCC(C)C)CC(=O)NC(C)C. The van der Waals surface area contributed by atoms with Crippen LogP contribution in [-0.2, 0) is 14.3 Å². The van der Waals surface area contributed by atoms with E-state index in [1.807, 2.05) is 13.8 Å². The van der Waals surface area contributed by atoms with Crippen molar-refractivity contribution in [1.82, 2.24) is 5.32 Å². The van der Waals surface area contributed by atoms with Crippen LogP contribution in [0.25, 0.3) is 0 Å². The third-order valence-electron chi connectivity index (χ3n) is 2.50. The summed E-state index contributed by atoms with van der Waals surface area (Å²) in [4.78, 5) is 22.6. The fourth-order valence-corrected chi connectivity index (χ4v) is 1.78. The highest BCUT2D eigenvalue weighted by Gasteiger charge is 2.17. The topological polar surface area (TPSA) is 55.4 Å². The molecule has 0 heterocycles. The summed E-state index contributed by atoms with van der Waals surface area (Å²) in [6.07, 6.45) is 2.78. The lowest BCUT2D eigenvalue weighted by atomic mass is 10.0. The highest BCUT2D eigenvalue weighted by atomic mass is 16.5. The van der Waals surface area contributed by atoms with Gasteiger partial charge in [0.15, 0.2) is 0 Å². The Bertz CT molecular complexity index is 262. The van der Waals surface area contributed by atoms with Crippen molar-refractivity contribution in [3.63, 3.8) is 0 Å². The Hall–Kier alpha value is -1.06. The van der Waals surface area contributed by atoms with E-state index in [4.69, 9.17) is 4.74 Å². The molecule has 0 radical (unpaired) electrons. The van der Waals surface area contributed by atoms with Crippen molar-refractivity contribution in [3.05, 3.63) is 0 Å². The van der Waals surface area contributed by atoms with Gasteiger partial charge in [0.25, 0.3) is 0 Å². The Kier molecular flexibility index (Phi) is 8.42. The lowest BCUT2D eigenvalue weighted by Gasteiger charge is -2.18. The summed E-state index contributed by atoms with van der Waals surface area (Å²) in [6.45, 7) is 9.53. The normalized spacial score (nSPS) is 12.6. The van der Waals surface area contributed by atoms with Crippen LogP contribution < -0.4 is 5.32 Å². The van der Waals surface area contributed by atoms with Crippen molar-refractivity contribution >= 4 is 11.9 Å². The van der Waals surface area contributed by atoms with Crippen LogP contribution in [0, 0.1) is 5.92 Å². The quantitative estimate of drug-likeness (QED) is 0.680. The van der Waals surface area contributed by atoms with Gasteiger partial charge < -0.3 is 10.1 Å². The molecular formula is C14H27NO3. The minimum Gasteiger partial charge on any atom is -0.462 e. The van der Waals surface area contributed by atoms with Gasteiger partial charge >= 0.3 is 5.97 Å². The molecule has 1 amide bonds. The molecule has 0 aliphatic rings. The molecular weight excluding hydrogens is 230 g/mol. The highest BCUT2D eigenvalue weighted by Crippen LogP contribution is 2.13. The molecule has 0 aliphatic heterocycles. The Morgan fingerprint density at radius 3 is 2.17 bits per heavy atom. The third-order valence-corrected chi connectivity index (χ3v) is 2.50. The maximum absolute atomic E-state index is 11.6. The standard InChI is InChI=1S/C14H27NO3/c1-10(2)7-6-8-13(18-12(5)16)9-14(17)15-11(3)4/h10-11,13H,6-9H2,1-5H3,(H,15,17). The van der Waals surface area contributed by atoms with E-state index in [9.17, 15) is 9.59 Å². The summed E-state index contributed by atoms with van der Waals surface area (Å²) in [7, 11) is 0. The molecule has 106 valence electrons. The zero-order chi connectivity index (χ0) is 14.1. The molecule has 0 aliphatic carbocycles. The van der Waals surface area contributed by atoms with Gasteiger partial charge in [-0.15, -0.1) is 0 Å². The Morgan fingerprint density at radius 2 is 1.72 bits per heavy atom. The van der Waals surface area contributed by atoms with Crippen molar-refractivity contribution in [1.29, 1.82) is 0 Å². The van der Waals surface area contributed by atoms with Crippen LogP contribution in [0.2, 0.25) is 0 Å². The zero-order valence-corrected chi connectivity index (χ0v) is 12.3. The van der Waals surface area contributed by atoms with Crippen molar-refractivity contribution in [2.75, 3.05) is 0 Å². The molecule has 0 aromatic carbocycles. The first-order chi connectivity index (χ1) is 8.31. The Morgan fingerprint density at radius 1 is 1.11 bits per heavy atom. The van der Waals surface area contributed by atoms with E-state index in [-0.39, 0.29) is 30.4 Å². The number of rotatable bonds is 8. The second kappa shape index (κ2) is 8.95. The number of ether oxygens (including phenoxy) is 1. The summed E-state index contributed by atoms with van der Waals surface area (Å²) in [5.41, 5.74) is 0. The van der Waals surface area contributed by atoms with E-state index in [1.54, 1.807) is 0 Å². The highest BCUT2D eigenvalue weighted by molar-refractivity contribution is 5.77. The average Bonchev–Trinajstić information content (AvgIpc) is 2.13. The first-order valence-electron chi connectivity index (χ1n) is 6.77. The van der Waals surface area contributed by atoms with Crippen molar-refractivity contribution < 1.29 is 14.3 Å². The van der Waals surface area contributed by atoms with Gasteiger partial charge in [0.2, 0.25) is 5.91 Å². The van der Waals surface area contributed by atoms with E-state index >= 15 is 0 Å². The van der Waals surface area contributed by atoms with Crippen LogP contribution in [0.3, 0.4) is 0 Å². The van der Waals surface area contributed by atoms with Gasteiger partial charge in [-0.1, -0.05) is 20.3 Å². The van der Waals surface area contributed by atoms with Crippen molar-refractivity contribution in [2.24, 2.45) is 5.92 Å². The number of hydrogen-bond donors (Lipinski definition) is 1. The maximum atomic E-state index is 11.6. The van der Waals surface area contributed by atoms with E-state index in [0.29, 0.717) is 5.92 Å². The third kappa shape index (κ3) is 10.1. The molecule has 0 aromatic rings. The smallest absolute Gasteiger partial charge is 0.302 e. The van der Waals surface area contributed by atoms with Crippen LogP contribution in [0.5, 0.6) is 0 Å². The van der Waals surface area contributed by atoms with E-state index < -0.39 is 0 Å². The van der Waals surface area contributed by atoms with E-state index in [2.05, 4.69) is 19.2 Å². The Balaban J connectivity index is 4.13. The first-order valence-corrected chi connectivity index (χ1v) is 6.77. The van der Waals surface area contributed by atoms with Gasteiger partial charge in [0, 0.05) is 13.0 Å². The summed E-state index contributed by atoms with van der Waals surface area (Å²) in [6, 6.07) is 0.117. The average molecular weight is 257 g/mol. The number of carbonyl (C=O) groups excluding carboxylic acids is 2. The lowest BCUT2D eigenvalue weighted by molar-refractivity contribution is -0.148. The van der Waals surface area contributed by atoms with Crippen LogP contribution >= 0.6 is 0 Å². The predicted octanol–water partition coefficient (Wildman–Crippen LogP) is 2.66. The van der Waals surface area contributed by atoms with E-state index in [1.165, 1.54) is 6.92 Å². The molecule has 1 atom stereocenters. The van der Waals surface area contributed by atoms with Gasteiger partial charge in [-0.3, -0.25) is 9.59 Å². The minimum absolute atomic E-state index is 0.0548. The minimum atomic E-state index is -0.318. The molecule has 0 fully saturated rings. The number of carbonyl (C=O) groups is 2. The molecule has 0 saturated carbocycles. The summed E-state index contributed by atoms with van der Waals surface area (Å²) in [5, 5.41) is 2.82. The van der Waals surface area contributed by atoms with Crippen molar-refractivity contribution in [2.45, 2.75) is 72.4 Å². The van der Waals surface area contributed by atoms with Gasteiger partial charge in [0.05, 0.1) is 6.42 Å². The Labute approximate surface area is 110 Å². The van der Waals surface area contributed by atoms with Crippen molar-refractivity contribution in [3.8, 4) is 0 Å². The predicted molar refractivity (Wildman–Crippen MR) is 72.1 cm³/mol. The van der Waals surface area contributed by atoms with Gasteiger partial charge in [-0.2, -0.15) is 0 Å². The van der Waals surface area contributed by atoms with Crippen LogP contribution in [-0.4, -0.2) is 24.0 Å². The molecule has 0 rings (SSSR count). The molecule has 0 bridgehead atoms. The van der Waals surface area contributed by atoms with Gasteiger partial charge in [0.1, 0.15) is 6.10 Å². The molecule has 4 heteroatoms. The largest absolute Gasteiger partial charge is 0.462 e. The number of nitrogens with one attached hydrogen (secondary N) is 1. The van der Waals surface area contributed by atoms with E-state index in [0.717, 1.165) is 19.3 Å². The lowest BCUT2D eigenvalue weighted by Crippen LogP contribution is -2.34. The fourth-order valence-electron chi connectivity index (χ4n) is 1.78. The molecule has 1 unspecified atom stereocenters. The fraction of sp³-hybridized carbons (Fsp3) is 0.857. The number of esters is 1. The van der Waals surface area contributed by atoms with Crippen LogP contribution in [0.4, 0.5) is 0 Å². The molecule has 1 N–H and O–H groups in total. The zero-order valence-electron chi connectivity index (χ0n) is 12.3. The molecule has 0 aromatic heterocycles. The molecule has 4 nitrogen and oxygen atoms in total. The summed E-state index contributed by atoms with van der Waals surface area (Å²) < 4.78 is 5.18. The van der Waals surface area contributed by atoms with Crippen LogP contribution in [0.15, 0.2) is 0 Å². The monoisotopic (exact) mass is 257 g/mol. The summed E-state index contributed by atoms with van der Waals surface area (Å²) >= 11 is 0. The second-order valence-corrected chi connectivity index (χ2v) is 5.48.